The fourth-order valence-electron chi connectivity index (χ4n) is 3.47. The van der Waals surface area contributed by atoms with Gasteiger partial charge in [0.15, 0.2) is 9.84 Å². The molecule has 0 bridgehead atoms. The second kappa shape index (κ2) is 8.48. The van der Waals surface area contributed by atoms with Gasteiger partial charge in [-0.15, -0.1) is 0 Å². The Balaban J connectivity index is 1.65. The highest BCUT2D eigenvalue weighted by atomic mass is 32.2. The predicted octanol–water partition coefficient (Wildman–Crippen LogP) is 0.986. The zero-order valence-electron chi connectivity index (χ0n) is 16.9. The molecule has 3 rings (SSSR count). The highest BCUT2D eigenvalue weighted by Gasteiger charge is 2.32. The van der Waals surface area contributed by atoms with E-state index < -0.39 is 19.9 Å². The van der Waals surface area contributed by atoms with Gasteiger partial charge >= 0.3 is 0 Å². The Labute approximate surface area is 176 Å². The number of carbonyl (C=O) groups excluding carboxylic acids is 1. The highest BCUT2D eigenvalue weighted by molar-refractivity contribution is 7.91. The molecule has 2 aromatic rings. The standard InChI is InChI=1S/C19H26N4O5S2/c1-13(2)18-11-17(22-23(18)15-8-10-29(25,26)12-15)19(24)21-9-7-14-3-5-16(6-4-14)30(20,27)28/h3-6,11,13,15H,7-10,12H2,1-2H3,(H,21,24)(H2,20,27,28). The average molecular weight is 455 g/mol. The third-order valence-electron chi connectivity index (χ3n) is 5.09. The normalized spacial score (nSPS) is 18.6. The molecule has 1 fully saturated rings. The van der Waals surface area contributed by atoms with Crippen LogP contribution in [0.15, 0.2) is 35.2 Å². The highest BCUT2D eigenvalue weighted by Crippen LogP contribution is 2.28. The van der Waals surface area contributed by atoms with Crippen LogP contribution >= 0.6 is 0 Å². The van der Waals surface area contributed by atoms with Crippen molar-refractivity contribution in [2.24, 2.45) is 5.14 Å². The summed E-state index contributed by atoms with van der Waals surface area (Å²) in [5, 5.41) is 12.3. The molecule has 1 aromatic carbocycles. The molecular formula is C19H26N4O5S2. The van der Waals surface area contributed by atoms with Gasteiger partial charge in [0.1, 0.15) is 5.69 Å². The van der Waals surface area contributed by atoms with Crippen molar-refractivity contribution in [2.45, 2.75) is 43.5 Å². The number of nitrogens with zero attached hydrogens (tertiary/aromatic N) is 2. The first kappa shape index (κ1) is 22.4. The zero-order valence-corrected chi connectivity index (χ0v) is 18.5. The van der Waals surface area contributed by atoms with Crippen LogP contribution < -0.4 is 10.5 Å². The lowest BCUT2D eigenvalue weighted by Gasteiger charge is -2.15. The Morgan fingerprint density at radius 2 is 1.97 bits per heavy atom. The van der Waals surface area contributed by atoms with Crippen molar-refractivity contribution in [1.82, 2.24) is 15.1 Å². The molecule has 1 atom stereocenters. The summed E-state index contributed by atoms with van der Waals surface area (Å²) in [6.07, 6.45) is 1.01. The molecule has 2 heterocycles. The van der Waals surface area contributed by atoms with Gasteiger partial charge in [0.25, 0.3) is 5.91 Å². The second-order valence-corrected chi connectivity index (χ2v) is 11.6. The van der Waals surface area contributed by atoms with E-state index in [2.05, 4.69) is 10.4 Å². The Bertz CT molecular complexity index is 1140. The number of nitrogens with two attached hydrogens (primary N) is 1. The number of amides is 1. The molecule has 0 aliphatic carbocycles. The Kier molecular flexibility index (Phi) is 6.34. The van der Waals surface area contributed by atoms with Crippen molar-refractivity contribution in [2.75, 3.05) is 18.1 Å². The first-order valence-electron chi connectivity index (χ1n) is 9.66. The van der Waals surface area contributed by atoms with E-state index in [0.717, 1.165) is 11.3 Å². The summed E-state index contributed by atoms with van der Waals surface area (Å²) in [4.78, 5) is 12.6. The minimum absolute atomic E-state index is 0.0379. The van der Waals surface area contributed by atoms with Crippen molar-refractivity contribution < 1.29 is 21.6 Å². The molecule has 1 saturated heterocycles. The molecular weight excluding hydrogens is 428 g/mol. The maximum Gasteiger partial charge on any atom is 0.271 e. The number of sulfone groups is 1. The summed E-state index contributed by atoms with van der Waals surface area (Å²) in [5.41, 5.74) is 1.95. The summed E-state index contributed by atoms with van der Waals surface area (Å²) in [6, 6.07) is 7.63. The van der Waals surface area contributed by atoms with Gasteiger partial charge in [-0.05, 0) is 42.5 Å². The van der Waals surface area contributed by atoms with Gasteiger partial charge in [0, 0.05) is 12.2 Å². The molecule has 1 aromatic heterocycles. The number of nitrogens with one attached hydrogen (secondary N) is 1. The molecule has 3 N–H and O–H groups in total. The number of aromatic nitrogens is 2. The molecule has 0 spiro atoms. The number of hydrogen-bond acceptors (Lipinski definition) is 6. The quantitative estimate of drug-likeness (QED) is 0.639. The smallest absolute Gasteiger partial charge is 0.271 e. The number of rotatable bonds is 7. The molecule has 30 heavy (non-hydrogen) atoms. The summed E-state index contributed by atoms with van der Waals surface area (Å²) < 4.78 is 47.9. The molecule has 1 amide bonds. The summed E-state index contributed by atoms with van der Waals surface area (Å²) in [6.45, 7) is 4.29. The zero-order chi connectivity index (χ0) is 22.1. The van der Waals surface area contributed by atoms with Gasteiger partial charge in [0.2, 0.25) is 10.0 Å². The molecule has 0 radical (unpaired) electrons. The van der Waals surface area contributed by atoms with Crippen LogP contribution in [-0.4, -0.2) is 50.6 Å². The molecule has 0 saturated carbocycles. The number of hydrogen-bond donors (Lipinski definition) is 2. The molecule has 164 valence electrons. The van der Waals surface area contributed by atoms with Crippen LogP contribution in [0.5, 0.6) is 0 Å². The monoisotopic (exact) mass is 454 g/mol. The van der Waals surface area contributed by atoms with E-state index in [1.807, 2.05) is 13.8 Å². The minimum Gasteiger partial charge on any atom is -0.350 e. The lowest BCUT2D eigenvalue weighted by molar-refractivity contribution is 0.0948. The second-order valence-electron chi connectivity index (χ2n) is 7.81. The molecule has 9 nitrogen and oxygen atoms in total. The predicted molar refractivity (Wildman–Crippen MR) is 112 cm³/mol. The maximum absolute atomic E-state index is 12.5. The lowest BCUT2D eigenvalue weighted by Crippen LogP contribution is -2.26. The van der Waals surface area contributed by atoms with E-state index in [1.54, 1.807) is 22.9 Å². The van der Waals surface area contributed by atoms with Crippen LogP contribution in [0.4, 0.5) is 0 Å². The summed E-state index contributed by atoms with van der Waals surface area (Å²) in [7, 11) is -6.79. The van der Waals surface area contributed by atoms with E-state index in [-0.39, 0.29) is 40.0 Å². The first-order chi connectivity index (χ1) is 14.0. The maximum atomic E-state index is 12.5. The van der Waals surface area contributed by atoms with Crippen LogP contribution in [-0.2, 0) is 26.3 Å². The molecule has 1 aliphatic heterocycles. The molecule has 11 heteroatoms. The van der Waals surface area contributed by atoms with E-state index in [0.29, 0.717) is 19.4 Å². The van der Waals surface area contributed by atoms with Crippen molar-refractivity contribution in [3.8, 4) is 0 Å². The fourth-order valence-corrected chi connectivity index (χ4v) is 5.68. The van der Waals surface area contributed by atoms with Gasteiger partial charge in [0.05, 0.1) is 22.4 Å². The topological polar surface area (TPSA) is 141 Å². The summed E-state index contributed by atoms with van der Waals surface area (Å²) in [5.74, 6) is -0.0532. The molecule has 1 unspecified atom stereocenters. The third-order valence-corrected chi connectivity index (χ3v) is 7.77. The van der Waals surface area contributed by atoms with Crippen molar-refractivity contribution in [3.63, 3.8) is 0 Å². The van der Waals surface area contributed by atoms with Crippen molar-refractivity contribution in [1.29, 1.82) is 0 Å². The van der Waals surface area contributed by atoms with Gasteiger partial charge in [-0.25, -0.2) is 22.0 Å². The number of benzene rings is 1. The van der Waals surface area contributed by atoms with Crippen LogP contribution in [0.3, 0.4) is 0 Å². The first-order valence-corrected chi connectivity index (χ1v) is 13.0. The minimum atomic E-state index is -3.73. The van der Waals surface area contributed by atoms with E-state index in [1.165, 1.54) is 12.1 Å². The number of sulfonamides is 1. The van der Waals surface area contributed by atoms with E-state index >= 15 is 0 Å². The van der Waals surface area contributed by atoms with Crippen LogP contribution in [0.2, 0.25) is 0 Å². The van der Waals surface area contributed by atoms with Gasteiger partial charge in [-0.3, -0.25) is 9.48 Å². The van der Waals surface area contributed by atoms with Crippen molar-refractivity contribution in [3.05, 3.63) is 47.3 Å². The SMILES string of the molecule is CC(C)c1cc(C(=O)NCCc2ccc(S(N)(=O)=O)cc2)nn1C1CCS(=O)(=O)C1. The van der Waals surface area contributed by atoms with Gasteiger partial charge < -0.3 is 5.32 Å². The van der Waals surface area contributed by atoms with Gasteiger partial charge in [-0.2, -0.15) is 5.10 Å². The van der Waals surface area contributed by atoms with E-state index in [9.17, 15) is 21.6 Å². The van der Waals surface area contributed by atoms with E-state index in [4.69, 9.17) is 5.14 Å². The molecule has 1 aliphatic rings. The largest absolute Gasteiger partial charge is 0.350 e. The van der Waals surface area contributed by atoms with Gasteiger partial charge in [-0.1, -0.05) is 26.0 Å². The Hall–Kier alpha value is -2.24. The summed E-state index contributed by atoms with van der Waals surface area (Å²) >= 11 is 0. The number of carbonyl (C=O) groups is 1. The fraction of sp³-hybridized carbons (Fsp3) is 0.474. The Morgan fingerprint density at radius 3 is 2.50 bits per heavy atom. The average Bonchev–Trinajstić information content (AvgIpc) is 3.25. The van der Waals surface area contributed by atoms with Crippen molar-refractivity contribution >= 4 is 25.8 Å². The van der Waals surface area contributed by atoms with Crippen LogP contribution in [0, 0.1) is 0 Å². The lowest BCUT2D eigenvalue weighted by atomic mass is 10.1. The third kappa shape index (κ3) is 5.27. The van der Waals surface area contributed by atoms with Crippen LogP contribution in [0.1, 0.15) is 54.0 Å². The Morgan fingerprint density at radius 1 is 1.30 bits per heavy atom. The number of primary sulfonamides is 1. The van der Waals surface area contributed by atoms with Crippen LogP contribution in [0.25, 0.3) is 0 Å².